The fourth-order valence-corrected chi connectivity index (χ4v) is 3.95. The van der Waals surface area contributed by atoms with Gasteiger partial charge in [-0.15, -0.1) is 0 Å². The molecular formula is C16H18N2O2S2. The van der Waals surface area contributed by atoms with Gasteiger partial charge < -0.3 is 10.6 Å². The number of rotatable bonds is 4. The van der Waals surface area contributed by atoms with Crippen LogP contribution in [0.5, 0.6) is 0 Å². The van der Waals surface area contributed by atoms with Gasteiger partial charge >= 0.3 is 0 Å². The van der Waals surface area contributed by atoms with Gasteiger partial charge in [0, 0.05) is 22.6 Å². The van der Waals surface area contributed by atoms with Crippen LogP contribution in [0.25, 0.3) is 0 Å². The van der Waals surface area contributed by atoms with Gasteiger partial charge in [0.1, 0.15) is 0 Å². The van der Waals surface area contributed by atoms with Crippen molar-refractivity contribution in [1.29, 1.82) is 0 Å². The summed E-state index contributed by atoms with van der Waals surface area (Å²) < 4.78 is 0. The van der Waals surface area contributed by atoms with Crippen LogP contribution in [0.4, 0.5) is 11.4 Å². The molecular weight excluding hydrogens is 316 g/mol. The van der Waals surface area contributed by atoms with Gasteiger partial charge in [0.15, 0.2) is 0 Å². The highest BCUT2D eigenvalue weighted by Crippen LogP contribution is 2.31. The van der Waals surface area contributed by atoms with Crippen LogP contribution in [0.3, 0.4) is 0 Å². The first-order valence-electron chi connectivity index (χ1n) is 7.38. The van der Waals surface area contributed by atoms with Crippen LogP contribution in [-0.4, -0.2) is 11.8 Å². The summed E-state index contributed by atoms with van der Waals surface area (Å²) in [7, 11) is 0. The third kappa shape index (κ3) is 3.75. The van der Waals surface area contributed by atoms with E-state index >= 15 is 0 Å². The predicted molar refractivity (Wildman–Crippen MR) is 91.3 cm³/mol. The van der Waals surface area contributed by atoms with Gasteiger partial charge in [0.05, 0.1) is 11.4 Å². The maximum atomic E-state index is 12.2. The molecule has 4 nitrogen and oxygen atoms in total. The molecule has 2 heterocycles. The molecule has 0 unspecified atom stereocenters. The summed E-state index contributed by atoms with van der Waals surface area (Å²) in [5, 5.41) is 13.6. The Morgan fingerprint density at radius 3 is 1.55 bits per heavy atom. The van der Waals surface area contributed by atoms with E-state index in [1.165, 1.54) is 0 Å². The number of thiophene rings is 2. The van der Waals surface area contributed by atoms with E-state index in [1.807, 2.05) is 33.7 Å². The van der Waals surface area contributed by atoms with Crippen molar-refractivity contribution in [1.82, 2.24) is 0 Å². The summed E-state index contributed by atoms with van der Waals surface area (Å²) in [5.74, 6) is 0.195. The largest absolute Gasteiger partial charge is 0.325 e. The monoisotopic (exact) mass is 334 g/mol. The Morgan fingerprint density at radius 1 is 0.818 bits per heavy atom. The maximum Gasteiger partial charge on any atom is 0.227 e. The quantitative estimate of drug-likeness (QED) is 0.880. The summed E-state index contributed by atoms with van der Waals surface area (Å²) in [5.41, 5.74) is 1.74. The lowest BCUT2D eigenvalue weighted by Gasteiger charge is -2.26. The first-order valence-corrected chi connectivity index (χ1v) is 9.27. The normalized spacial score (nSPS) is 21.3. The van der Waals surface area contributed by atoms with Crippen molar-refractivity contribution in [2.45, 2.75) is 25.7 Å². The topological polar surface area (TPSA) is 58.2 Å². The van der Waals surface area contributed by atoms with Crippen LogP contribution >= 0.6 is 22.7 Å². The lowest BCUT2D eigenvalue weighted by Crippen LogP contribution is -2.31. The molecule has 2 aromatic rings. The molecule has 0 atom stereocenters. The molecule has 0 spiro atoms. The van der Waals surface area contributed by atoms with Gasteiger partial charge in [-0.1, -0.05) is 0 Å². The minimum atomic E-state index is 0.0186. The van der Waals surface area contributed by atoms with Crippen molar-refractivity contribution >= 4 is 45.9 Å². The van der Waals surface area contributed by atoms with Gasteiger partial charge in [-0.25, -0.2) is 0 Å². The Bertz CT molecular complexity index is 558. The fraction of sp³-hybridized carbons (Fsp3) is 0.375. The molecule has 0 bridgehead atoms. The number of amides is 2. The molecule has 116 valence electrons. The van der Waals surface area contributed by atoms with Gasteiger partial charge in [0.25, 0.3) is 0 Å². The first-order chi connectivity index (χ1) is 10.7. The van der Waals surface area contributed by atoms with Gasteiger partial charge in [-0.2, -0.15) is 22.7 Å². The Balaban J connectivity index is 1.47. The average molecular weight is 334 g/mol. The SMILES string of the molecule is O=C(Nc1ccsc1)C1CCC(C(=O)Nc2ccsc2)CC1. The third-order valence-corrected chi connectivity index (χ3v) is 5.41. The summed E-state index contributed by atoms with van der Waals surface area (Å²) in [4.78, 5) is 24.4. The lowest BCUT2D eigenvalue weighted by atomic mass is 9.81. The average Bonchev–Trinajstić information content (AvgIpc) is 3.21. The Kier molecular flexibility index (Phi) is 4.90. The van der Waals surface area contributed by atoms with Crippen LogP contribution in [0.15, 0.2) is 33.7 Å². The molecule has 6 heteroatoms. The number of nitrogens with one attached hydrogen (secondary N) is 2. The smallest absolute Gasteiger partial charge is 0.227 e. The highest BCUT2D eigenvalue weighted by molar-refractivity contribution is 7.08. The first kappa shape index (κ1) is 15.2. The van der Waals surface area contributed by atoms with Crippen molar-refractivity contribution in [3.63, 3.8) is 0 Å². The van der Waals surface area contributed by atoms with Crippen molar-refractivity contribution in [2.24, 2.45) is 11.8 Å². The number of hydrogen-bond donors (Lipinski definition) is 2. The van der Waals surface area contributed by atoms with E-state index < -0.39 is 0 Å². The molecule has 2 N–H and O–H groups in total. The maximum absolute atomic E-state index is 12.2. The van der Waals surface area contributed by atoms with Crippen LogP contribution in [-0.2, 0) is 9.59 Å². The van der Waals surface area contributed by atoms with Crippen LogP contribution in [0.2, 0.25) is 0 Å². The van der Waals surface area contributed by atoms with Crippen molar-refractivity contribution in [2.75, 3.05) is 10.6 Å². The van der Waals surface area contributed by atoms with E-state index in [4.69, 9.17) is 0 Å². The van der Waals surface area contributed by atoms with Gasteiger partial charge in [-0.05, 0) is 48.6 Å². The molecule has 1 saturated carbocycles. The molecule has 1 aliphatic rings. The van der Waals surface area contributed by atoms with Crippen LogP contribution < -0.4 is 10.6 Å². The molecule has 0 aliphatic heterocycles. The Hall–Kier alpha value is -1.66. The lowest BCUT2D eigenvalue weighted by molar-refractivity contribution is -0.125. The number of carbonyl (C=O) groups is 2. The van der Waals surface area contributed by atoms with Gasteiger partial charge in [0.2, 0.25) is 11.8 Å². The highest BCUT2D eigenvalue weighted by Gasteiger charge is 2.30. The van der Waals surface area contributed by atoms with Gasteiger partial charge in [-0.3, -0.25) is 9.59 Å². The zero-order valence-corrected chi connectivity index (χ0v) is 13.7. The molecule has 1 aliphatic carbocycles. The highest BCUT2D eigenvalue weighted by atomic mass is 32.1. The van der Waals surface area contributed by atoms with Crippen molar-refractivity contribution in [3.8, 4) is 0 Å². The molecule has 2 aromatic heterocycles. The van der Waals surface area contributed by atoms with E-state index in [9.17, 15) is 9.59 Å². The third-order valence-electron chi connectivity index (χ3n) is 4.05. The van der Waals surface area contributed by atoms with E-state index in [0.29, 0.717) is 0 Å². The number of anilines is 2. The molecule has 2 amide bonds. The molecule has 0 radical (unpaired) electrons. The predicted octanol–water partition coefficient (Wildman–Crippen LogP) is 4.19. The fourth-order valence-electron chi connectivity index (χ4n) is 2.78. The van der Waals surface area contributed by atoms with E-state index in [1.54, 1.807) is 22.7 Å². The van der Waals surface area contributed by atoms with E-state index in [-0.39, 0.29) is 23.7 Å². The van der Waals surface area contributed by atoms with Crippen LogP contribution in [0, 0.1) is 11.8 Å². The summed E-state index contributed by atoms with van der Waals surface area (Å²) >= 11 is 3.13. The minimum absolute atomic E-state index is 0.0186. The zero-order chi connectivity index (χ0) is 15.4. The second-order valence-electron chi connectivity index (χ2n) is 5.55. The van der Waals surface area contributed by atoms with E-state index in [2.05, 4.69) is 10.6 Å². The number of hydrogen-bond acceptors (Lipinski definition) is 4. The molecule has 22 heavy (non-hydrogen) atoms. The summed E-state index contributed by atoms with van der Waals surface area (Å²) in [6.45, 7) is 0. The Morgan fingerprint density at radius 2 is 1.23 bits per heavy atom. The van der Waals surface area contributed by atoms with Crippen molar-refractivity contribution < 1.29 is 9.59 Å². The molecule has 0 saturated heterocycles. The number of carbonyl (C=O) groups excluding carboxylic acids is 2. The zero-order valence-electron chi connectivity index (χ0n) is 12.1. The molecule has 3 rings (SSSR count). The standard InChI is InChI=1S/C16H18N2O2S2/c19-15(17-13-5-7-21-9-13)11-1-2-12(4-3-11)16(20)18-14-6-8-22-10-14/h5-12H,1-4H2,(H,17,19)(H,18,20). The summed E-state index contributed by atoms with van der Waals surface area (Å²) in [6, 6.07) is 3.81. The van der Waals surface area contributed by atoms with Crippen LogP contribution in [0.1, 0.15) is 25.7 Å². The molecule has 1 fully saturated rings. The summed E-state index contributed by atoms with van der Waals surface area (Å²) in [6.07, 6.45) is 3.10. The minimum Gasteiger partial charge on any atom is -0.325 e. The second kappa shape index (κ2) is 7.07. The Labute approximate surface area is 137 Å². The second-order valence-corrected chi connectivity index (χ2v) is 7.11. The molecule has 0 aromatic carbocycles. The van der Waals surface area contributed by atoms with E-state index in [0.717, 1.165) is 37.1 Å². The van der Waals surface area contributed by atoms with Crippen molar-refractivity contribution in [3.05, 3.63) is 33.7 Å².